The molecule has 0 aromatic heterocycles. The van der Waals surface area contributed by atoms with E-state index >= 15 is 0 Å². The van der Waals surface area contributed by atoms with E-state index in [0.717, 1.165) is 0 Å². The summed E-state index contributed by atoms with van der Waals surface area (Å²) in [5.41, 5.74) is 0. The molecular formula is C26H30F3NO18Si. The van der Waals surface area contributed by atoms with Crippen LogP contribution >= 0.6 is 0 Å². The molecule has 0 aliphatic carbocycles. The Hall–Kier alpha value is -4.85. The van der Waals surface area contributed by atoms with E-state index in [1.165, 1.54) is 6.92 Å². The molecule has 49 heavy (non-hydrogen) atoms. The van der Waals surface area contributed by atoms with Gasteiger partial charge in [0.1, 0.15) is 19.3 Å². The van der Waals surface area contributed by atoms with Crippen molar-refractivity contribution >= 4 is 39.1 Å². The van der Waals surface area contributed by atoms with Gasteiger partial charge in [-0.15, -0.1) is 0 Å². The normalized spacial score (nSPS) is 34.6. The van der Waals surface area contributed by atoms with E-state index in [4.69, 9.17) is 29.9 Å². The summed E-state index contributed by atoms with van der Waals surface area (Å²) in [5, 5.41) is 0. The number of carbonyl (C=O) groups is 5. The van der Waals surface area contributed by atoms with Gasteiger partial charge in [0.2, 0.25) is 6.10 Å². The summed E-state index contributed by atoms with van der Waals surface area (Å²) in [5.74, 6) is 0.243. The lowest BCUT2D eigenvalue weighted by Gasteiger charge is -2.23. The first-order valence-corrected chi connectivity index (χ1v) is 17.6. The van der Waals surface area contributed by atoms with Gasteiger partial charge in [0.25, 0.3) is 12.0 Å². The number of cyclic esters (lactones) is 10. The monoisotopic (exact) mass is 729 g/mol. The molecule has 6 saturated heterocycles. The molecule has 0 aromatic carbocycles. The van der Waals surface area contributed by atoms with Crippen molar-refractivity contribution < 1.29 is 98.4 Å². The van der Waals surface area contributed by atoms with Gasteiger partial charge in [0, 0.05) is 0 Å². The largest absolute Gasteiger partial charge is 0.515 e. The van der Waals surface area contributed by atoms with Crippen molar-refractivity contribution in [3.05, 3.63) is 23.9 Å². The highest BCUT2D eigenvalue weighted by molar-refractivity contribution is 6.69. The van der Waals surface area contributed by atoms with Gasteiger partial charge in [0.05, 0.1) is 6.61 Å². The molecule has 0 aromatic rings. The fraction of sp³-hybridized carbons (Fsp3) is 0.692. The van der Waals surface area contributed by atoms with Gasteiger partial charge < -0.3 is 61.3 Å². The van der Waals surface area contributed by atoms with E-state index < -0.39 is 100 Å². The van der Waals surface area contributed by atoms with Crippen LogP contribution in [0.25, 0.3) is 4.85 Å². The number of hydrogen-bond donors (Lipinski definition) is 0. The average molecular weight is 730 g/mol. The smallest absolute Gasteiger partial charge is 0.462 e. The van der Waals surface area contributed by atoms with Crippen molar-refractivity contribution in [2.45, 2.75) is 93.9 Å². The van der Waals surface area contributed by atoms with Crippen molar-refractivity contribution in [3.63, 3.8) is 0 Å². The quantitative estimate of drug-likeness (QED) is 0.166. The lowest BCUT2D eigenvalue weighted by atomic mass is 10.0. The Morgan fingerprint density at radius 2 is 1.29 bits per heavy atom. The van der Waals surface area contributed by atoms with Gasteiger partial charge in [-0.3, -0.25) is 4.85 Å². The summed E-state index contributed by atoms with van der Waals surface area (Å²) < 4.78 is 99.7. The zero-order chi connectivity index (χ0) is 36.3. The van der Waals surface area contributed by atoms with Crippen LogP contribution in [-0.2, 0) is 61.3 Å². The maximum Gasteiger partial charge on any atom is 0.515 e. The third kappa shape index (κ3) is 9.62. The molecule has 0 spiro atoms. The summed E-state index contributed by atoms with van der Waals surface area (Å²) in [6.07, 6.45) is -20.4. The standard InChI is InChI=1S/C11H18O6Si.C8H7F3O6.C7H5NO6/c1-7-13-5-8(15-7)10-9(16-11(12)17-10)6-14-18(2,3)4;1-2-3(15-6(12)14-2)4-5(8(9,10)11)17-7(13)16-4;1-8-5-4(13-7(10)14-5)3-2-11-6(9)12-3/h8-10H,1,5-6H2,2-4H3;2-5H,1H3;3-5H,2H2. The Balaban J connectivity index is 0.000000167. The number of ether oxygens (including phenoxy) is 12. The van der Waals surface area contributed by atoms with Crippen LogP contribution in [0.5, 0.6) is 0 Å². The summed E-state index contributed by atoms with van der Waals surface area (Å²) in [7, 11) is -1.67. The Kier molecular flexibility index (Phi) is 11.1. The third-order valence-corrected chi connectivity index (χ3v) is 7.83. The second-order valence-corrected chi connectivity index (χ2v) is 16.0. The first kappa shape index (κ1) is 37.0. The van der Waals surface area contributed by atoms with E-state index in [2.05, 4.69) is 69.0 Å². The zero-order valence-electron chi connectivity index (χ0n) is 26.0. The first-order valence-electron chi connectivity index (χ1n) is 14.2. The Labute approximate surface area is 275 Å². The van der Waals surface area contributed by atoms with Crippen molar-refractivity contribution in [3.8, 4) is 0 Å². The highest BCUT2D eigenvalue weighted by Crippen LogP contribution is 2.36. The Morgan fingerprint density at radius 1 is 0.735 bits per heavy atom. The lowest BCUT2D eigenvalue weighted by molar-refractivity contribution is -0.211. The van der Waals surface area contributed by atoms with Gasteiger partial charge in [-0.1, -0.05) is 0 Å². The molecule has 23 heteroatoms. The van der Waals surface area contributed by atoms with E-state index in [-0.39, 0.29) is 18.7 Å². The van der Waals surface area contributed by atoms with Crippen molar-refractivity contribution in [2.24, 2.45) is 0 Å². The summed E-state index contributed by atoms with van der Waals surface area (Å²) in [6.45, 7) is 18.4. The van der Waals surface area contributed by atoms with Gasteiger partial charge >= 0.3 is 43.2 Å². The molecule has 0 radical (unpaired) electrons. The second-order valence-electron chi connectivity index (χ2n) is 11.5. The molecule has 272 valence electrons. The van der Waals surface area contributed by atoms with E-state index in [1.807, 2.05) is 0 Å². The molecule has 0 amide bonds. The van der Waals surface area contributed by atoms with Gasteiger partial charge in [-0.05, 0) is 33.1 Å². The van der Waals surface area contributed by atoms with E-state index in [1.54, 1.807) is 0 Å². The van der Waals surface area contributed by atoms with Gasteiger partial charge in [-0.2, -0.15) is 13.2 Å². The highest BCUT2D eigenvalue weighted by Gasteiger charge is 2.60. The Morgan fingerprint density at radius 3 is 1.82 bits per heavy atom. The predicted molar refractivity (Wildman–Crippen MR) is 144 cm³/mol. The maximum absolute atomic E-state index is 12.5. The number of alkyl halides is 3. The molecule has 0 N–H and O–H groups in total. The minimum Gasteiger partial charge on any atom is -0.462 e. The molecule has 6 aliphatic rings. The summed E-state index contributed by atoms with van der Waals surface area (Å²) in [6, 6.07) is 0. The van der Waals surface area contributed by atoms with Crippen LogP contribution in [-0.4, -0.2) is 126 Å². The molecule has 10 atom stereocenters. The predicted octanol–water partition coefficient (Wildman–Crippen LogP) is 3.31. The zero-order valence-corrected chi connectivity index (χ0v) is 27.0. The SMILES string of the molecule is C=C1OCC(C2OC(=O)OC2CO[Si](C)(C)C)O1.CC1OC(=O)OC1C1OC(=O)OC1C(F)(F)F.[C-]#[N+]C1OC(=O)OC1C1COC(=O)O1. The van der Waals surface area contributed by atoms with Gasteiger partial charge in [-0.25, -0.2) is 30.5 Å². The van der Waals surface area contributed by atoms with Crippen LogP contribution < -0.4 is 0 Å². The lowest BCUT2D eigenvalue weighted by Crippen LogP contribution is -2.47. The van der Waals surface area contributed by atoms with Crippen LogP contribution in [0.1, 0.15) is 6.92 Å². The minimum atomic E-state index is -4.80. The number of rotatable bonds is 6. The molecule has 10 unspecified atom stereocenters. The van der Waals surface area contributed by atoms with E-state index in [9.17, 15) is 37.1 Å². The molecule has 6 aliphatic heterocycles. The maximum atomic E-state index is 12.5. The van der Waals surface area contributed by atoms with Crippen LogP contribution in [0.2, 0.25) is 19.6 Å². The molecule has 6 rings (SSSR count). The number of halogens is 3. The van der Waals surface area contributed by atoms with Crippen LogP contribution in [0, 0.1) is 6.57 Å². The molecular weight excluding hydrogens is 699 g/mol. The Bertz CT molecular complexity index is 1350. The minimum absolute atomic E-state index is 0.0356. The van der Waals surface area contributed by atoms with Crippen LogP contribution in [0.4, 0.5) is 37.1 Å². The molecule has 0 bridgehead atoms. The number of hydrogen-bond acceptors (Lipinski definition) is 18. The highest BCUT2D eigenvalue weighted by atomic mass is 28.4. The summed E-state index contributed by atoms with van der Waals surface area (Å²) >= 11 is 0. The molecule has 19 nitrogen and oxygen atoms in total. The first-order chi connectivity index (χ1) is 22.8. The number of carbonyl (C=O) groups excluding carboxylic acids is 5. The fourth-order valence-electron chi connectivity index (χ4n) is 4.63. The molecule has 0 saturated carbocycles. The van der Waals surface area contributed by atoms with Crippen LogP contribution in [0.3, 0.4) is 0 Å². The third-order valence-electron chi connectivity index (χ3n) is 6.80. The van der Waals surface area contributed by atoms with Gasteiger partial charge in [0.15, 0.2) is 44.9 Å². The van der Waals surface area contributed by atoms with Crippen molar-refractivity contribution in [2.75, 3.05) is 19.8 Å². The average Bonchev–Trinajstić information content (AvgIpc) is 3.83. The fourth-order valence-corrected chi connectivity index (χ4v) is 5.30. The second kappa shape index (κ2) is 14.7. The van der Waals surface area contributed by atoms with Crippen molar-refractivity contribution in [1.29, 1.82) is 0 Å². The number of nitrogens with zero attached hydrogens (tertiary/aromatic N) is 1. The summed E-state index contributed by atoms with van der Waals surface area (Å²) in [4.78, 5) is 57.0. The van der Waals surface area contributed by atoms with Crippen LogP contribution in [0.15, 0.2) is 12.5 Å². The molecule has 6 heterocycles. The molecule has 6 fully saturated rings. The van der Waals surface area contributed by atoms with Crippen molar-refractivity contribution in [1.82, 2.24) is 0 Å². The topological polar surface area (TPSA) is 210 Å². The van der Waals surface area contributed by atoms with E-state index in [0.29, 0.717) is 13.2 Å².